The van der Waals surface area contributed by atoms with Gasteiger partial charge < -0.3 is 21.3 Å². The number of aliphatic imine (C=N–C) groups is 1. The smallest absolute Gasteiger partial charge is 0.425 e. The van der Waals surface area contributed by atoms with Gasteiger partial charge >= 0.3 is 6.18 Å². The molecule has 4 N–H and O–H groups in total. The van der Waals surface area contributed by atoms with Crippen LogP contribution in [0.5, 0.6) is 0 Å². The van der Waals surface area contributed by atoms with Gasteiger partial charge in [-0.1, -0.05) is 6.07 Å². The molecule has 0 amide bonds. The Kier molecular flexibility index (Phi) is 6.29. The lowest BCUT2D eigenvalue weighted by atomic mass is 9.83. The predicted octanol–water partition coefficient (Wildman–Crippen LogP) is 4.52. The summed E-state index contributed by atoms with van der Waals surface area (Å²) in [6, 6.07) is 4.28. The molecule has 2 heterocycles. The predicted molar refractivity (Wildman–Crippen MR) is 109 cm³/mol. The van der Waals surface area contributed by atoms with Crippen LogP contribution in [0.25, 0.3) is 11.1 Å². The van der Waals surface area contributed by atoms with Crippen molar-refractivity contribution >= 4 is 17.4 Å². The molecular formula is C21H20F5N5O. The Morgan fingerprint density at radius 1 is 1.22 bits per heavy atom. The summed E-state index contributed by atoms with van der Waals surface area (Å²) < 4.78 is 73.2. The summed E-state index contributed by atoms with van der Waals surface area (Å²) in [5.41, 5.74) is 4.40. The van der Waals surface area contributed by atoms with Crippen molar-refractivity contribution in [3.05, 3.63) is 53.6 Å². The average Bonchev–Trinajstić information content (AvgIpc) is 2.72. The number of rotatable bonds is 6. The van der Waals surface area contributed by atoms with Crippen molar-refractivity contribution in [2.45, 2.75) is 37.6 Å². The fourth-order valence-corrected chi connectivity index (χ4v) is 3.48. The number of nitrogens with two attached hydrogens (primary N) is 1. The van der Waals surface area contributed by atoms with E-state index in [1.807, 2.05) is 0 Å². The number of pyridine rings is 1. The number of nitrogens with one attached hydrogen (secondary N) is 2. The van der Waals surface area contributed by atoms with Gasteiger partial charge in [0.1, 0.15) is 18.0 Å². The number of ether oxygens (including phenoxy) is 1. The van der Waals surface area contributed by atoms with E-state index >= 15 is 0 Å². The van der Waals surface area contributed by atoms with Gasteiger partial charge in [-0.25, -0.2) is 13.8 Å². The van der Waals surface area contributed by atoms with Crippen molar-refractivity contribution in [1.29, 1.82) is 10.8 Å². The maximum atomic E-state index is 14.7. The molecule has 0 unspecified atom stereocenters. The lowest BCUT2D eigenvalue weighted by Gasteiger charge is -2.36. The van der Waals surface area contributed by atoms with Crippen LogP contribution in [0, 0.1) is 16.6 Å². The number of hydrogen-bond acceptors (Lipinski definition) is 6. The molecule has 3 rings (SSSR count). The summed E-state index contributed by atoms with van der Waals surface area (Å²) in [5, 5.41) is 15.6. The molecule has 0 fully saturated rings. The van der Waals surface area contributed by atoms with E-state index < -0.39 is 48.3 Å². The van der Waals surface area contributed by atoms with E-state index in [1.165, 1.54) is 24.5 Å². The zero-order valence-electron chi connectivity index (χ0n) is 16.9. The molecule has 0 bridgehead atoms. The van der Waals surface area contributed by atoms with Crippen molar-refractivity contribution < 1.29 is 26.7 Å². The highest BCUT2D eigenvalue weighted by Crippen LogP contribution is 2.42. The molecule has 0 saturated heterocycles. The lowest BCUT2D eigenvalue weighted by molar-refractivity contribution is -0.209. The van der Waals surface area contributed by atoms with E-state index in [9.17, 15) is 22.0 Å². The summed E-state index contributed by atoms with van der Waals surface area (Å²) in [7, 11) is 0. The van der Waals surface area contributed by atoms with Crippen molar-refractivity contribution in [3.63, 3.8) is 0 Å². The zero-order valence-corrected chi connectivity index (χ0v) is 16.9. The molecule has 0 aliphatic carbocycles. The number of amidine groups is 1. The molecule has 2 aromatic rings. The highest BCUT2D eigenvalue weighted by Gasteiger charge is 2.52. The van der Waals surface area contributed by atoms with Crippen LogP contribution in [0.2, 0.25) is 0 Å². The van der Waals surface area contributed by atoms with Crippen molar-refractivity contribution in [3.8, 4) is 11.1 Å². The fraction of sp³-hybridized carbons (Fsp3) is 0.333. The van der Waals surface area contributed by atoms with Crippen LogP contribution >= 0.6 is 0 Å². The van der Waals surface area contributed by atoms with Gasteiger partial charge in [-0.3, -0.25) is 4.98 Å². The summed E-state index contributed by atoms with van der Waals surface area (Å²) in [6.07, 6.45) is -5.30. The van der Waals surface area contributed by atoms with Gasteiger partial charge in [0.05, 0.1) is 0 Å². The Balaban J connectivity index is 2.07. The SMILES string of the molecule is CC(=N)CC(=N)c1cncc(-c2ccc(F)c([C@]3(CF)C[C@@H](C(F)(F)F)OC(N)=N3)c2)c1. The molecule has 1 aliphatic heterocycles. The third-order valence-electron chi connectivity index (χ3n) is 5.03. The van der Waals surface area contributed by atoms with Crippen LogP contribution in [0.4, 0.5) is 22.0 Å². The highest BCUT2D eigenvalue weighted by molar-refractivity contribution is 6.09. The molecule has 1 aromatic carbocycles. The van der Waals surface area contributed by atoms with Gasteiger partial charge in [-0.05, 0) is 30.7 Å². The Morgan fingerprint density at radius 3 is 2.56 bits per heavy atom. The second kappa shape index (κ2) is 8.64. The number of aromatic nitrogens is 1. The number of halogens is 5. The van der Waals surface area contributed by atoms with Gasteiger partial charge in [0.15, 0.2) is 6.10 Å². The van der Waals surface area contributed by atoms with E-state index in [0.29, 0.717) is 16.7 Å². The molecule has 32 heavy (non-hydrogen) atoms. The van der Waals surface area contributed by atoms with E-state index in [0.717, 1.165) is 6.07 Å². The zero-order chi connectivity index (χ0) is 23.7. The minimum Gasteiger partial charge on any atom is -0.452 e. The van der Waals surface area contributed by atoms with Gasteiger partial charge in [-0.15, -0.1) is 0 Å². The number of hydrogen-bond donors (Lipinski definition) is 3. The first kappa shape index (κ1) is 23.3. The molecular weight excluding hydrogens is 433 g/mol. The molecule has 170 valence electrons. The lowest BCUT2D eigenvalue weighted by Crippen LogP contribution is -2.48. The second-order valence-corrected chi connectivity index (χ2v) is 7.56. The monoisotopic (exact) mass is 453 g/mol. The van der Waals surface area contributed by atoms with Gasteiger partial charge in [0.25, 0.3) is 6.02 Å². The van der Waals surface area contributed by atoms with Gasteiger partial charge in [0, 0.05) is 53.3 Å². The minimum absolute atomic E-state index is 0.109. The van der Waals surface area contributed by atoms with E-state index in [4.69, 9.17) is 16.6 Å². The first-order valence-corrected chi connectivity index (χ1v) is 9.47. The molecule has 11 heteroatoms. The Labute approximate surface area is 180 Å². The van der Waals surface area contributed by atoms with E-state index in [2.05, 4.69) is 14.7 Å². The summed E-state index contributed by atoms with van der Waals surface area (Å²) in [6.45, 7) is 0.133. The maximum absolute atomic E-state index is 14.7. The van der Waals surface area contributed by atoms with Crippen molar-refractivity contribution in [2.24, 2.45) is 10.7 Å². The average molecular weight is 453 g/mol. The van der Waals surface area contributed by atoms with E-state index in [1.54, 1.807) is 13.0 Å². The minimum atomic E-state index is -4.85. The second-order valence-electron chi connectivity index (χ2n) is 7.56. The van der Waals surface area contributed by atoms with Crippen LogP contribution in [-0.2, 0) is 10.3 Å². The Hall–Kier alpha value is -3.37. The highest BCUT2D eigenvalue weighted by atomic mass is 19.4. The van der Waals surface area contributed by atoms with E-state index in [-0.39, 0.29) is 17.8 Å². The number of benzene rings is 1. The largest absolute Gasteiger partial charge is 0.452 e. The molecule has 1 aliphatic rings. The first-order valence-electron chi connectivity index (χ1n) is 9.47. The molecule has 0 radical (unpaired) electrons. The Bertz CT molecular complexity index is 1080. The molecule has 6 nitrogen and oxygen atoms in total. The third kappa shape index (κ3) is 4.76. The quantitative estimate of drug-likeness (QED) is 0.442. The summed E-state index contributed by atoms with van der Waals surface area (Å²) >= 11 is 0. The maximum Gasteiger partial charge on any atom is 0.425 e. The number of alkyl halides is 4. The van der Waals surface area contributed by atoms with Crippen LogP contribution in [-0.4, -0.2) is 41.4 Å². The third-order valence-corrected chi connectivity index (χ3v) is 5.03. The van der Waals surface area contributed by atoms with Crippen molar-refractivity contribution in [2.75, 3.05) is 6.67 Å². The van der Waals surface area contributed by atoms with Gasteiger partial charge in [-0.2, -0.15) is 13.2 Å². The van der Waals surface area contributed by atoms with Crippen LogP contribution in [0.15, 0.2) is 41.7 Å². The topological polar surface area (TPSA) is 108 Å². The van der Waals surface area contributed by atoms with Crippen LogP contribution < -0.4 is 5.73 Å². The molecule has 0 spiro atoms. The fourth-order valence-electron chi connectivity index (χ4n) is 3.48. The van der Waals surface area contributed by atoms with Crippen LogP contribution in [0.3, 0.4) is 0 Å². The molecule has 1 aromatic heterocycles. The normalized spacial score (nSPS) is 20.9. The standard InChI is InChI=1S/C21H20F5N5O/c1-11(27)4-17(28)14-5-13(8-30-9-14)12-2-3-16(23)15(6-12)20(10-22)7-18(21(24,25)26)32-19(29)31-20/h2-3,5-6,8-9,18,27-28H,4,7,10H2,1H3,(H2,29,31)/t18-,20+/m0/s1. The van der Waals surface area contributed by atoms with Crippen LogP contribution in [0.1, 0.15) is 30.9 Å². The summed E-state index contributed by atoms with van der Waals surface area (Å²) in [4.78, 5) is 7.78. The first-order chi connectivity index (χ1) is 14.9. The van der Waals surface area contributed by atoms with Crippen molar-refractivity contribution in [1.82, 2.24) is 4.98 Å². The summed E-state index contributed by atoms with van der Waals surface area (Å²) in [5.74, 6) is -0.943. The molecule has 0 saturated carbocycles. The molecule has 2 atom stereocenters. The Morgan fingerprint density at radius 2 is 1.94 bits per heavy atom. The number of nitrogens with zero attached hydrogens (tertiary/aromatic N) is 2. The van der Waals surface area contributed by atoms with Gasteiger partial charge in [0.2, 0.25) is 0 Å².